The highest BCUT2D eigenvalue weighted by Crippen LogP contribution is 2.37. The second-order valence-corrected chi connectivity index (χ2v) is 18.6. The number of hydrogen-bond acceptors (Lipinski definition) is 2. The van der Waals surface area contributed by atoms with Crippen molar-refractivity contribution in [1.82, 2.24) is 0 Å². The molecule has 0 aromatic heterocycles. The highest BCUT2D eigenvalue weighted by Gasteiger charge is 2.39. The molecule has 31 heavy (non-hydrogen) atoms. The van der Waals surface area contributed by atoms with E-state index < -0.39 is 16.6 Å². The lowest BCUT2D eigenvalue weighted by Gasteiger charge is -2.42. The second kappa shape index (κ2) is 11.1. The quantitative estimate of drug-likeness (QED) is 0.348. The highest BCUT2D eigenvalue weighted by atomic mass is 28.4. The predicted octanol–water partition coefficient (Wildman–Crippen LogP) is 6.32. The summed E-state index contributed by atoms with van der Waals surface area (Å²) in [6, 6.07) is 21.5. The Morgan fingerprint density at radius 1 is 0.677 bits per heavy atom. The van der Waals surface area contributed by atoms with Crippen molar-refractivity contribution in [3.8, 4) is 0 Å². The maximum Gasteiger partial charge on any atom is 0.218 e. The lowest BCUT2D eigenvalue weighted by Crippen LogP contribution is -2.52. The summed E-state index contributed by atoms with van der Waals surface area (Å²) in [7, 11) is -3.95. The Balaban J connectivity index is 2.23. The third-order valence-electron chi connectivity index (χ3n) is 6.82. The summed E-state index contributed by atoms with van der Waals surface area (Å²) in [6.45, 7) is 20.1. The Morgan fingerprint density at radius 3 is 1.39 bits per heavy atom. The summed E-state index contributed by atoms with van der Waals surface area (Å²) in [5.74, 6) is 1.17. The van der Waals surface area contributed by atoms with E-state index in [9.17, 15) is 0 Å². The smallest absolute Gasteiger partial charge is 0.218 e. The zero-order valence-electron chi connectivity index (χ0n) is 21.1. The van der Waals surface area contributed by atoms with Crippen LogP contribution in [0.2, 0.25) is 26.2 Å². The molecule has 0 aliphatic heterocycles. The van der Waals surface area contributed by atoms with Gasteiger partial charge in [-0.1, -0.05) is 94.8 Å². The summed E-state index contributed by atoms with van der Waals surface area (Å²) in [6.07, 6.45) is 2.34. The van der Waals surface area contributed by atoms with Crippen LogP contribution in [0.5, 0.6) is 0 Å². The Kier molecular flexibility index (Phi) is 9.32. The molecule has 0 amide bonds. The molecule has 4 heteroatoms. The lowest BCUT2D eigenvalue weighted by atomic mass is 9.74. The van der Waals surface area contributed by atoms with E-state index in [2.05, 4.69) is 115 Å². The van der Waals surface area contributed by atoms with E-state index in [1.54, 1.807) is 0 Å². The molecule has 0 N–H and O–H groups in total. The molecule has 0 spiro atoms. The van der Waals surface area contributed by atoms with E-state index in [-0.39, 0.29) is 5.41 Å². The van der Waals surface area contributed by atoms with Gasteiger partial charge in [0.1, 0.15) is 0 Å². The van der Waals surface area contributed by atoms with Crippen LogP contribution in [-0.2, 0) is 8.85 Å². The van der Waals surface area contributed by atoms with Gasteiger partial charge >= 0.3 is 0 Å². The van der Waals surface area contributed by atoms with Crippen molar-refractivity contribution in [3.63, 3.8) is 0 Å². The molecule has 0 heterocycles. The largest absolute Gasteiger partial charge is 0.412 e. The summed E-state index contributed by atoms with van der Waals surface area (Å²) in [5, 5.41) is 2.72. The van der Waals surface area contributed by atoms with Crippen molar-refractivity contribution >= 4 is 27.0 Å². The Hall–Kier alpha value is -1.21. The van der Waals surface area contributed by atoms with E-state index in [1.807, 2.05) is 0 Å². The van der Waals surface area contributed by atoms with Gasteiger partial charge in [-0.05, 0) is 54.8 Å². The average molecular weight is 457 g/mol. The molecule has 0 radical (unpaired) electrons. The van der Waals surface area contributed by atoms with Gasteiger partial charge in [0.25, 0.3) is 0 Å². The molecule has 172 valence electrons. The van der Waals surface area contributed by atoms with Gasteiger partial charge in [0, 0.05) is 18.6 Å². The van der Waals surface area contributed by atoms with Crippen LogP contribution in [0.3, 0.4) is 0 Å². The third kappa shape index (κ3) is 7.42. The Morgan fingerprint density at radius 2 is 1.06 bits per heavy atom. The second-order valence-electron chi connectivity index (χ2n) is 10.8. The highest BCUT2D eigenvalue weighted by molar-refractivity contribution is 6.84. The van der Waals surface area contributed by atoms with Crippen LogP contribution in [0.1, 0.15) is 40.5 Å². The van der Waals surface area contributed by atoms with Gasteiger partial charge in [-0.25, -0.2) is 0 Å². The molecule has 0 atom stereocenters. The van der Waals surface area contributed by atoms with Crippen LogP contribution in [0.4, 0.5) is 0 Å². The summed E-state index contributed by atoms with van der Waals surface area (Å²) in [5.41, 5.74) is 0.0301. The molecule has 0 bridgehead atoms. The van der Waals surface area contributed by atoms with Crippen LogP contribution in [-0.4, -0.2) is 29.8 Å². The van der Waals surface area contributed by atoms with Crippen LogP contribution < -0.4 is 10.4 Å². The summed E-state index contributed by atoms with van der Waals surface area (Å²) in [4.78, 5) is 0. The molecule has 0 aliphatic carbocycles. The zero-order chi connectivity index (χ0) is 23.1. The summed E-state index contributed by atoms with van der Waals surface area (Å²) >= 11 is 0. The van der Waals surface area contributed by atoms with Gasteiger partial charge in [-0.3, -0.25) is 0 Å². The first-order valence-corrected chi connectivity index (χ1v) is 17.7. The van der Waals surface area contributed by atoms with Crippen LogP contribution in [0, 0.1) is 17.3 Å². The van der Waals surface area contributed by atoms with Gasteiger partial charge in [-0.2, -0.15) is 0 Å². The maximum absolute atomic E-state index is 6.82. The van der Waals surface area contributed by atoms with Crippen LogP contribution >= 0.6 is 0 Å². The fraction of sp³-hybridized carbons (Fsp3) is 0.556. The molecular weight excluding hydrogens is 412 g/mol. The molecular formula is C27H44O2Si2. The number of hydrogen-bond donors (Lipinski definition) is 0. The van der Waals surface area contributed by atoms with Crippen LogP contribution in [0.15, 0.2) is 60.7 Å². The van der Waals surface area contributed by atoms with Gasteiger partial charge in [-0.15, -0.1) is 0 Å². The fourth-order valence-electron chi connectivity index (χ4n) is 3.88. The van der Waals surface area contributed by atoms with Gasteiger partial charge < -0.3 is 8.85 Å². The Labute approximate surface area is 193 Å². The standard InChI is InChI=1S/C27H44O2Si2/c1-23(2)19-20-27(24(3)4,21-28-30(5,6)25-15-11-9-12-16-25)22-29-31(7,8)26-17-13-10-14-18-26/h9-18,23-24H,19-22H2,1-8H3. The van der Waals surface area contributed by atoms with E-state index in [0.29, 0.717) is 11.8 Å². The molecule has 0 saturated heterocycles. The minimum atomic E-state index is -1.97. The van der Waals surface area contributed by atoms with Crippen molar-refractivity contribution in [3.05, 3.63) is 60.7 Å². The van der Waals surface area contributed by atoms with Gasteiger partial charge in [0.2, 0.25) is 16.6 Å². The first-order chi connectivity index (χ1) is 14.5. The molecule has 0 aliphatic rings. The average Bonchev–Trinajstić information content (AvgIpc) is 2.74. The van der Waals surface area contributed by atoms with E-state index in [4.69, 9.17) is 8.85 Å². The zero-order valence-corrected chi connectivity index (χ0v) is 23.1. The van der Waals surface area contributed by atoms with Crippen molar-refractivity contribution < 1.29 is 8.85 Å². The lowest BCUT2D eigenvalue weighted by molar-refractivity contribution is 0.0200. The molecule has 2 aromatic carbocycles. The Bertz CT molecular complexity index is 715. The van der Waals surface area contributed by atoms with E-state index in [0.717, 1.165) is 19.6 Å². The topological polar surface area (TPSA) is 18.5 Å². The van der Waals surface area contributed by atoms with Crippen molar-refractivity contribution in [2.75, 3.05) is 13.2 Å². The maximum atomic E-state index is 6.82. The van der Waals surface area contributed by atoms with E-state index in [1.165, 1.54) is 16.8 Å². The monoisotopic (exact) mass is 456 g/mol. The van der Waals surface area contributed by atoms with E-state index >= 15 is 0 Å². The predicted molar refractivity (Wildman–Crippen MR) is 140 cm³/mol. The van der Waals surface area contributed by atoms with Crippen molar-refractivity contribution in [1.29, 1.82) is 0 Å². The third-order valence-corrected chi connectivity index (χ3v) is 12.0. The number of benzene rings is 2. The molecule has 0 fully saturated rings. The fourth-order valence-corrected chi connectivity index (χ4v) is 7.50. The minimum absolute atomic E-state index is 0.0301. The van der Waals surface area contributed by atoms with Crippen molar-refractivity contribution in [2.24, 2.45) is 17.3 Å². The first kappa shape index (κ1) is 26.0. The van der Waals surface area contributed by atoms with Gasteiger partial charge in [0.05, 0.1) is 0 Å². The SMILES string of the molecule is CC(C)CCC(CO[Si](C)(C)c1ccccc1)(CO[Si](C)(C)c1ccccc1)C(C)C. The van der Waals surface area contributed by atoms with Crippen molar-refractivity contribution in [2.45, 2.75) is 66.7 Å². The van der Waals surface area contributed by atoms with Gasteiger partial charge in [0.15, 0.2) is 0 Å². The summed E-state index contributed by atoms with van der Waals surface area (Å²) < 4.78 is 13.6. The number of rotatable bonds is 12. The van der Waals surface area contributed by atoms with Crippen LogP contribution in [0.25, 0.3) is 0 Å². The molecule has 0 saturated carbocycles. The molecule has 2 nitrogen and oxygen atoms in total. The molecule has 2 rings (SSSR count). The molecule has 2 aromatic rings. The molecule has 0 unspecified atom stereocenters. The first-order valence-electron chi connectivity index (χ1n) is 11.9. The minimum Gasteiger partial charge on any atom is -0.412 e. The normalized spacial score (nSPS) is 13.2.